The number of halogens is 1. The van der Waals surface area contributed by atoms with Gasteiger partial charge in [0.2, 0.25) is 0 Å². The summed E-state index contributed by atoms with van der Waals surface area (Å²) in [5.41, 5.74) is 3.80. The standard InChI is InChI=1S/C29H26FNOS/c30-21-22-10-9-11-23(20-22)28(32)31-19-18-29(24-12-3-1-4-13-24,25-14-5-2-6-15-25)26-16-7-8-17-27(26)33/h1-17,20,33H,18-19,21H2,(H,31,32)/i30-1. The second-order valence-corrected chi connectivity index (χ2v) is 8.48. The van der Waals surface area contributed by atoms with Crippen LogP contribution in [0.5, 0.6) is 0 Å². The van der Waals surface area contributed by atoms with Gasteiger partial charge >= 0.3 is 0 Å². The summed E-state index contributed by atoms with van der Waals surface area (Å²) in [5.74, 6) is -0.209. The number of amides is 1. The van der Waals surface area contributed by atoms with Crippen LogP contribution >= 0.6 is 12.6 Å². The highest BCUT2D eigenvalue weighted by atomic mass is 32.1. The number of alkyl halides is 1. The van der Waals surface area contributed by atoms with E-state index in [9.17, 15) is 9.18 Å². The number of hydrogen-bond donors (Lipinski definition) is 2. The topological polar surface area (TPSA) is 29.1 Å². The first-order chi connectivity index (χ1) is 16.1. The zero-order valence-electron chi connectivity index (χ0n) is 18.2. The van der Waals surface area contributed by atoms with Crippen LogP contribution in [0.1, 0.15) is 39.0 Å². The van der Waals surface area contributed by atoms with Crippen LogP contribution in [0.3, 0.4) is 0 Å². The van der Waals surface area contributed by atoms with Crippen molar-refractivity contribution in [1.82, 2.24) is 5.32 Å². The van der Waals surface area contributed by atoms with E-state index in [1.807, 2.05) is 54.6 Å². The van der Waals surface area contributed by atoms with Crippen LogP contribution in [-0.2, 0) is 12.1 Å². The van der Waals surface area contributed by atoms with Gasteiger partial charge in [-0.3, -0.25) is 4.79 Å². The third kappa shape index (κ3) is 4.86. The molecule has 0 spiro atoms. The predicted molar refractivity (Wildman–Crippen MR) is 135 cm³/mol. The first kappa shape index (κ1) is 22.8. The Bertz CT molecular complexity index is 1170. The van der Waals surface area contributed by atoms with Gasteiger partial charge in [-0.15, -0.1) is 12.6 Å². The average Bonchev–Trinajstić information content (AvgIpc) is 2.88. The molecule has 2 nitrogen and oxygen atoms in total. The summed E-state index contributed by atoms with van der Waals surface area (Å²) in [7, 11) is 0. The van der Waals surface area contributed by atoms with Gasteiger partial charge in [-0.2, -0.15) is 0 Å². The van der Waals surface area contributed by atoms with Gasteiger partial charge < -0.3 is 5.32 Å². The van der Waals surface area contributed by atoms with Crippen LogP contribution in [0, 0.1) is 0 Å². The molecule has 4 aromatic carbocycles. The summed E-state index contributed by atoms with van der Waals surface area (Å²) in [6.07, 6.45) is 0.632. The molecule has 0 aliphatic carbocycles. The molecular weight excluding hydrogens is 428 g/mol. The van der Waals surface area contributed by atoms with Crippen LogP contribution in [0.15, 0.2) is 114 Å². The quantitative estimate of drug-likeness (QED) is 0.228. The van der Waals surface area contributed by atoms with Crippen molar-refractivity contribution in [2.45, 2.75) is 23.4 Å². The maximum absolute atomic E-state index is 13.0. The zero-order valence-corrected chi connectivity index (χ0v) is 19.1. The Morgan fingerprint density at radius 2 is 1.39 bits per heavy atom. The van der Waals surface area contributed by atoms with Crippen molar-refractivity contribution in [2.24, 2.45) is 0 Å². The fourth-order valence-corrected chi connectivity index (χ4v) is 4.79. The number of carbonyl (C=O) groups is 1. The van der Waals surface area contributed by atoms with Crippen LogP contribution in [0.2, 0.25) is 0 Å². The SMILES string of the molecule is O=C(NCCC(c1ccccc1)(c1ccccc1)c1ccccc1S)c1cccc(C[18F])c1. The Hall–Kier alpha value is -3.37. The molecule has 0 fully saturated rings. The van der Waals surface area contributed by atoms with E-state index in [1.54, 1.807) is 24.3 Å². The number of carbonyl (C=O) groups excluding carboxylic acids is 1. The molecule has 4 aromatic rings. The molecule has 1 amide bonds. The smallest absolute Gasteiger partial charge is 0.251 e. The number of nitrogens with one attached hydrogen (secondary N) is 1. The van der Waals surface area contributed by atoms with Gasteiger partial charge in [0, 0.05) is 22.4 Å². The Kier molecular flexibility index (Phi) is 7.26. The van der Waals surface area contributed by atoms with Crippen molar-refractivity contribution in [3.05, 3.63) is 137 Å². The summed E-state index contributed by atoms with van der Waals surface area (Å²) in [6.45, 7) is -0.157. The second-order valence-electron chi connectivity index (χ2n) is 7.99. The molecule has 33 heavy (non-hydrogen) atoms. The summed E-state index contributed by atoms with van der Waals surface area (Å²) < 4.78 is 13.0. The number of rotatable bonds is 8. The first-order valence-electron chi connectivity index (χ1n) is 11.0. The fourth-order valence-electron chi connectivity index (χ4n) is 4.44. The normalized spacial score (nSPS) is 11.2. The third-order valence-corrected chi connectivity index (χ3v) is 6.42. The second kappa shape index (κ2) is 10.5. The monoisotopic (exact) mass is 454 g/mol. The van der Waals surface area contributed by atoms with Gasteiger partial charge in [0.25, 0.3) is 5.91 Å². The molecule has 0 bridgehead atoms. The molecule has 0 saturated heterocycles. The fraction of sp³-hybridized carbons (Fsp3) is 0.138. The van der Waals surface area contributed by atoms with Gasteiger partial charge in [-0.1, -0.05) is 91.0 Å². The van der Waals surface area contributed by atoms with Crippen molar-refractivity contribution in [3.8, 4) is 0 Å². The van der Waals surface area contributed by atoms with Gasteiger partial charge in [0.05, 0.1) is 0 Å². The molecule has 0 radical (unpaired) electrons. The van der Waals surface area contributed by atoms with Crippen molar-refractivity contribution < 1.29 is 9.18 Å². The first-order valence-corrected chi connectivity index (χ1v) is 11.4. The molecule has 0 aliphatic heterocycles. The summed E-state index contributed by atoms with van der Waals surface area (Å²) >= 11 is 4.81. The van der Waals surface area contributed by atoms with E-state index in [0.717, 1.165) is 21.6 Å². The van der Waals surface area contributed by atoms with Gasteiger partial charge in [0.1, 0.15) is 6.67 Å². The molecule has 1 N–H and O–H groups in total. The van der Waals surface area contributed by atoms with Crippen LogP contribution in [-0.4, -0.2) is 12.5 Å². The minimum absolute atomic E-state index is 0.209. The van der Waals surface area contributed by atoms with Crippen molar-refractivity contribution in [2.75, 3.05) is 6.54 Å². The van der Waals surface area contributed by atoms with E-state index in [1.165, 1.54) is 0 Å². The van der Waals surface area contributed by atoms with E-state index in [0.29, 0.717) is 24.1 Å². The van der Waals surface area contributed by atoms with Crippen LogP contribution in [0.25, 0.3) is 0 Å². The average molecular weight is 455 g/mol. The Morgan fingerprint density at radius 1 is 0.788 bits per heavy atom. The van der Waals surface area contributed by atoms with Crippen molar-refractivity contribution in [3.63, 3.8) is 0 Å². The molecule has 0 unspecified atom stereocenters. The zero-order chi connectivity index (χ0) is 23.1. The van der Waals surface area contributed by atoms with Gasteiger partial charge in [0.15, 0.2) is 0 Å². The minimum Gasteiger partial charge on any atom is -0.352 e. The lowest BCUT2D eigenvalue weighted by molar-refractivity contribution is 0.0951. The van der Waals surface area contributed by atoms with Crippen molar-refractivity contribution in [1.29, 1.82) is 0 Å². The third-order valence-electron chi connectivity index (χ3n) is 6.03. The minimum atomic E-state index is -0.592. The molecule has 4 heteroatoms. The maximum atomic E-state index is 13.0. The van der Waals surface area contributed by atoms with E-state index in [4.69, 9.17) is 12.6 Å². The molecule has 0 atom stereocenters. The van der Waals surface area contributed by atoms with Gasteiger partial charge in [-0.05, 0) is 46.9 Å². The highest BCUT2D eigenvalue weighted by molar-refractivity contribution is 7.80. The summed E-state index contributed by atoms with van der Waals surface area (Å²) in [4.78, 5) is 13.7. The Morgan fingerprint density at radius 3 is 2.00 bits per heavy atom. The summed E-state index contributed by atoms with van der Waals surface area (Å²) in [6, 6.07) is 35.5. The summed E-state index contributed by atoms with van der Waals surface area (Å²) in [5, 5.41) is 3.05. The highest BCUT2D eigenvalue weighted by Crippen LogP contribution is 2.44. The van der Waals surface area contributed by atoms with Crippen LogP contribution in [0.4, 0.5) is 4.39 Å². The maximum Gasteiger partial charge on any atom is 0.251 e. The number of hydrogen-bond acceptors (Lipinski definition) is 2. The van der Waals surface area contributed by atoms with Gasteiger partial charge in [-0.25, -0.2) is 4.39 Å². The number of thiol groups is 1. The largest absolute Gasteiger partial charge is 0.352 e. The molecule has 0 saturated carbocycles. The lowest BCUT2D eigenvalue weighted by Crippen LogP contribution is -2.35. The lowest BCUT2D eigenvalue weighted by atomic mass is 9.67. The Labute approximate surface area is 199 Å². The lowest BCUT2D eigenvalue weighted by Gasteiger charge is -2.37. The van der Waals surface area contributed by atoms with E-state index in [2.05, 4.69) is 35.6 Å². The Balaban J connectivity index is 1.73. The van der Waals surface area contributed by atoms with Crippen LogP contribution < -0.4 is 5.32 Å². The van der Waals surface area contributed by atoms with Crippen molar-refractivity contribution >= 4 is 18.5 Å². The molecule has 166 valence electrons. The molecule has 4 rings (SSSR count). The molecule has 0 heterocycles. The van der Waals surface area contributed by atoms with E-state index >= 15 is 0 Å². The van der Waals surface area contributed by atoms with E-state index < -0.39 is 12.1 Å². The number of benzene rings is 4. The molecule has 0 aromatic heterocycles. The predicted octanol–water partition coefficient (Wildman–Crippen LogP) is 6.60. The highest BCUT2D eigenvalue weighted by Gasteiger charge is 2.37. The molecule has 0 aliphatic rings. The van der Waals surface area contributed by atoms with E-state index in [-0.39, 0.29) is 5.91 Å². The molecular formula is C29H26FNOS.